The zero-order valence-corrected chi connectivity index (χ0v) is 12.9. The van der Waals surface area contributed by atoms with E-state index in [4.69, 9.17) is 10.5 Å². The standard InChI is InChI=1S/C14H21N3O3S/c1-2-3-4-5-6-10-20-12-9-7-8-11-13(12)14(15)17-21(18,19)16-11/h7-9,16H,2-6,10H2,1H3,(H2,15,17). The van der Waals surface area contributed by atoms with Gasteiger partial charge in [0.2, 0.25) is 0 Å². The lowest BCUT2D eigenvalue weighted by atomic mass is 10.1. The quantitative estimate of drug-likeness (QED) is 0.756. The number of anilines is 1. The SMILES string of the molecule is CCCCCCCOc1cccc2c1C(N)=NS(=O)(=O)N2. The largest absolute Gasteiger partial charge is 0.493 e. The van der Waals surface area contributed by atoms with Crippen molar-refractivity contribution in [2.24, 2.45) is 10.1 Å². The van der Waals surface area contributed by atoms with E-state index in [-0.39, 0.29) is 5.84 Å². The fourth-order valence-electron chi connectivity index (χ4n) is 2.23. The minimum atomic E-state index is -3.74. The van der Waals surface area contributed by atoms with Crippen molar-refractivity contribution in [1.29, 1.82) is 0 Å². The lowest BCUT2D eigenvalue weighted by molar-refractivity contribution is 0.304. The molecule has 0 atom stereocenters. The molecular formula is C14H21N3O3S. The third-order valence-corrected chi connectivity index (χ3v) is 4.16. The molecule has 0 aliphatic carbocycles. The molecule has 116 valence electrons. The van der Waals surface area contributed by atoms with Gasteiger partial charge >= 0.3 is 10.2 Å². The first kappa shape index (κ1) is 15.6. The second kappa shape index (κ2) is 6.80. The van der Waals surface area contributed by atoms with Crippen LogP contribution in [-0.2, 0) is 10.2 Å². The lowest BCUT2D eigenvalue weighted by Crippen LogP contribution is -2.27. The lowest BCUT2D eigenvalue weighted by Gasteiger charge is -2.19. The maximum Gasteiger partial charge on any atom is 0.344 e. The van der Waals surface area contributed by atoms with Crippen molar-refractivity contribution in [3.63, 3.8) is 0 Å². The molecule has 0 saturated heterocycles. The van der Waals surface area contributed by atoms with Gasteiger partial charge in [-0.05, 0) is 18.6 Å². The predicted octanol–water partition coefficient (Wildman–Crippen LogP) is 2.41. The van der Waals surface area contributed by atoms with Gasteiger partial charge in [0.05, 0.1) is 17.9 Å². The second-order valence-electron chi connectivity index (χ2n) is 5.00. The van der Waals surface area contributed by atoms with E-state index in [1.54, 1.807) is 18.2 Å². The highest BCUT2D eigenvalue weighted by Gasteiger charge is 2.24. The Hall–Kier alpha value is -1.76. The Morgan fingerprint density at radius 2 is 2.00 bits per heavy atom. The zero-order valence-electron chi connectivity index (χ0n) is 12.1. The average molecular weight is 311 g/mol. The number of ether oxygens (including phenoxy) is 1. The number of nitrogens with zero attached hydrogens (tertiary/aromatic N) is 1. The molecule has 7 heteroatoms. The number of unbranched alkanes of at least 4 members (excludes halogenated alkanes) is 4. The van der Waals surface area contributed by atoms with Gasteiger partial charge in [-0.1, -0.05) is 38.7 Å². The number of rotatable bonds is 7. The van der Waals surface area contributed by atoms with Crippen LogP contribution in [-0.4, -0.2) is 20.9 Å². The third-order valence-electron chi connectivity index (χ3n) is 3.25. The molecule has 1 aromatic rings. The van der Waals surface area contributed by atoms with Crippen molar-refractivity contribution in [2.45, 2.75) is 39.0 Å². The summed E-state index contributed by atoms with van der Waals surface area (Å²) in [6, 6.07) is 5.14. The maximum absolute atomic E-state index is 11.5. The van der Waals surface area contributed by atoms with Gasteiger partial charge in [-0.3, -0.25) is 4.72 Å². The van der Waals surface area contributed by atoms with Gasteiger partial charge in [0, 0.05) is 0 Å². The number of amidine groups is 1. The molecular weight excluding hydrogens is 290 g/mol. The fraction of sp³-hybridized carbons (Fsp3) is 0.500. The molecule has 1 aromatic carbocycles. The van der Waals surface area contributed by atoms with E-state index in [2.05, 4.69) is 16.0 Å². The van der Waals surface area contributed by atoms with E-state index in [1.165, 1.54) is 19.3 Å². The van der Waals surface area contributed by atoms with E-state index < -0.39 is 10.2 Å². The Kier molecular flexibility index (Phi) is 5.06. The Labute approximate surface area is 125 Å². The van der Waals surface area contributed by atoms with Crippen molar-refractivity contribution in [2.75, 3.05) is 11.3 Å². The summed E-state index contributed by atoms with van der Waals surface area (Å²) in [5, 5.41) is 0. The number of nitrogens with one attached hydrogen (secondary N) is 1. The van der Waals surface area contributed by atoms with Crippen LogP contribution in [0.2, 0.25) is 0 Å². The van der Waals surface area contributed by atoms with Gasteiger partial charge in [-0.15, -0.1) is 4.40 Å². The molecule has 0 unspecified atom stereocenters. The number of hydrogen-bond donors (Lipinski definition) is 2. The normalized spacial score (nSPS) is 15.8. The summed E-state index contributed by atoms with van der Waals surface area (Å²) in [6.07, 6.45) is 5.74. The highest BCUT2D eigenvalue weighted by molar-refractivity contribution is 7.91. The van der Waals surface area contributed by atoms with Crippen LogP contribution in [0.4, 0.5) is 5.69 Å². The first-order chi connectivity index (χ1) is 10.0. The summed E-state index contributed by atoms with van der Waals surface area (Å²) in [7, 11) is -3.74. The molecule has 0 fully saturated rings. The average Bonchev–Trinajstić information content (AvgIpc) is 2.41. The van der Waals surface area contributed by atoms with Crippen LogP contribution in [0.3, 0.4) is 0 Å². The summed E-state index contributed by atoms with van der Waals surface area (Å²) in [6.45, 7) is 2.76. The van der Waals surface area contributed by atoms with Gasteiger partial charge in [-0.25, -0.2) is 0 Å². The molecule has 0 saturated carbocycles. The Morgan fingerprint density at radius 3 is 2.76 bits per heavy atom. The molecule has 2 rings (SSSR count). The summed E-state index contributed by atoms with van der Waals surface area (Å²) in [5.41, 5.74) is 6.67. The minimum Gasteiger partial charge on any atom is -0.493 e. The molecule has 6 nitrogen and oxygen atoms in total. The van der Waals surface area contributed by atoms with Crippen LogP contribution in [0.5, 0.6) is 5.75 Å². The first-order valence-corrected chi connectivity index (χ1v) is 8.62. The van der Waals surface area contributed by atoms with Gasteiger partial charge in [-0.2, -0.15) is 8.42 Å². The molecule has 1 aliphatic rings. The Balaban J connectivity index is 2.03. The van der Waals surface area contributed by atoms with Crippen molar-refractivity contribution in [3.05, 3.63) is 23.8 Å². The van der Waals surface area contributed by atoms with E-state index in [0.717, 1.165) is 12.8 Å². The van der Waals surface area contributed by atoms with Crippen LogP contribution >= 0.6 is 0 Å². The third kappa shape index (κ3) is 4.10. The highest BCUT2D eigenvalue weighted by Crippen LogP contribution is 2.30. The summed E-state index contributed by atoms with van der Waals surface area (Å²) in [4.78, 5) is 0. The van der Waals surface area contributed by atoms with Crippen molar-refractivity contribution in [3.8, 4) is 5.75 Å². The molecule has 3 N–H and O–H groups in total. The monoisotopic (exact) mass is 311 g/mol. The van der Waals surface area contributed by atoms with E-state index in [9.17, 15) is 8.42 Å². The first-order valence-electron chi connectivity index (χ1n) is 7.18. The Bertz CT molecular complexity index is 626. The number of benzene rings is 1. The Morgan fingerprint density at radius 1 is 1.24 bits per heavy atom. The highest BCUT2D eigenvalue weighted by atomic mass is 32.2. The number of fused-ring (bicyclic) bond motifs is 1. The molecule has 0 amide bonds. The van der Waals surface area contributed by atoms with Crippen LogP contribution < -0.4 is 15.2 Å². The van der Waals surface area contributed by atoms with Crippen LogP contribution in [0.1, 0.15) is 44.6 Å². The molecule has 1 aliphatic heterocycles. The van der Waals surface area contributed by atoms with Gasteiger partial charge in [0.25, 0.3) is 0 Å². The molecule has 0 spiro atoms. The van der Waals surface area contributed by atoms with E-state index in [1.807, 2.05) is 0 Å². The van der Waals surface area contributed by atoms with E-state index in [0.29, 0.717) is 23.6 Å². The number of nitrogens with two attached hydrogens (primary N) is 1. The summed E-state index contributed by atoms with van der Waals surface area (Å²) < 4.78 is 34.5. The summed E-state index contributed by atoms with van der Waals surface area (Å²) in [5.74, 6) is 0.525. The van der Waals surface area contributed by atoms with Gasteiger partial charge in [0.1, 0.15) is 5.75 Å². The maximum atomic E-state index is 11.5. The molecule has 0 bridgehead atoms. The van der Waals surface area contributed by atoms with Crippen LogP contribution in [0.25, 0.3) is 0 Å². The number of hydrogen-bond acceptors (Lipinski definition) is 4. The predicted molar refractivity (Wildman–Crippen MR) is 84.0 cm³/mol. The smallest absolute Gasteiger partial charge is 0.344 e. The van der Waals surface area contributed by atoms with E-state index >= 15 is 0 Å². The van der Waals surface area contributed by atoms with Crippen LogP contribution in [0.15, 0.2) is 22.6 Å². The molecule has 1 heterocycles. The van der Waals surface area contributed by atoms with Gasteiger partial charge in [0.15, 0.2) is 5.84 Å². The topological polar surface area (TPSA) is 93.8 Å². The summed E-state index contributed by atoms with van der Waals surface area (Å²) >= 11 is 0. The molecule has 0 aromatic heterocycles. The molecule has 0 radical (unpaired) electrons. The van der Waals surface area contributed by atoms with Crippen molar-refractivity contribution >= 4 is 21.7 Å². The molecule has 21 heavy (non-hydrogen) atoms. The fourth-order valence-corrected chi connectivity index (χ4v) is 3.07. The van der Waals surface area contributed by atoms with Crippen molar-refractivity contribution < 1.29 is 13.2 Å². The van der Waals surface area contributed by atoms with Crippen LogP contribution in [0, 0.1) is 0 Å². The van der Waals surface area contributed by atoms with Gasteiger partial charge < -0.3 is 10.5 Å². The zero-order chi connectivity index (χ0) is 15.3. The second-order valence-corrected chi connectivity index (χ2v) is 6.33. The van der Waals surface area contributed by atoms with Crippen molar-refractivity contribution in [1.82, 2.24) is 0 Å². The minimum absolute atomic E-state index is 0.0367.